The number of carboxylic acid groups (broad SMARTS) is 1. The van der Waals surface area contributed by atoms with Crippen molar-refractivity contribution in [2.24, 2.45) is 5.92 Å². The number of rotatable bonds is 5. The highest BCUT2D eigenvalue weighted by molar-refractivity contribution is 7.89. The Bertz CT molecular complexity index is 937. The lowest BCUT2D eigenvalue weighted by Crippen LogP contribution is -2.38. The summed E-state index contributed by atoms with van der Waals surface area (Å²) in [6, 6.07) is 8.56. The summed E-state index contributed by atoms with van der Waals surface area (Å²) in [6.07, 6.45) is 1.81. The molecule has 2 N–H and O–H groups in total. The van der Waals surface area contributed by atoms with E-state index >= 15 is 0 Å². The summed E-state index contributed by atoms with van der Waals surface area (Å²) in [5, 5.41) is 9.00. The third kappa shape index (κ3) is 4.51. The van der Waals surface area contributed by atoms with Crippen molar-refractivity contribution in [2.45, 2.75) is 36.6 Å². The highest BCUT2D eigenvalue weighted by atomic mass is 32.2. The van der Waals surface area contributed by atoms with Crippen LogP contribution in [0.3, 0.4) is 0 Å². The van der Waals surface area contributed by atoms with E-state index in [2.05, 4.69) is 4.72 Å². The predicted octanol–water partition coefficient (Wildman–Crippen LogP) is 3.55. The number of nitrogens with one attached hydrogen (secondary N) is 1. The van der Waals surface area contributed by atoms with Crippen molar-refractivity contribution in [3.63, 3.8) is 0 Å². The maximum Gasteiger partial charge on any atom is 0.306 e. The van der Waals surface area contributed by atoms with Crippen molar-refractivity contribution >= 4 is 16.0 Å². The molecule has 0 saturated heterocycles. The molecule has 27 heavy (non-hydrogen) atoms. The molecule has 0 unspecified atom stereocenters. The third-order valence-electron chi connectivity index (χ3n) is 4.80. The Morgan fingerprint density at radius 2 is 1.63 bits per heavy atom. The molecule has 0 radical (unpaired) electrons. The van der Waals surface area contributed by atoms with Gasteiger partial charge in [-0.1, -0.05) is 12.1 Å². The van der Waals surface area contributed by atoms with E-state index in [1.54, 1.807) is 0 Å². The Morgan fingerprint density at radius 1 is 1.00 bits per heavy atom. The Hall–Kier alpha value is -2.32. The predicted molar refractivity (Wildman–Crippen MR) is 95.5 cm³/mol. The van der Waals surface area contributed by atoms with Gasteiger partial charge in [0.1, 0.15) is 11.6 Å². The Labute approximate surface area is 156 Å². The van der Waals surface area contributed by atoms with Crippen LogP contribution in [0.1, 0.15) is 25.7 Å². The van der Waals surface area contributed by atoms with Crippen LogP contribution in [0.4, 0.5) is 8.78 Å². The van der Waals surface area contributed by atoms with Gasteiger partial charge in [0.15, 0.2) is 0 Å². The fourth-order valence-electron chi connectivity index (χ4n) is 3.28. The van der Waals surface area contributed by atoms with Crippen LogP contribution in [-0.4, -0.2) is 25.5 Å². The monoisotopic (exact) mass is 395 g/mol. The lowest BCUT2D eigenvalue weighted by Gasteiger charge is -2.26. The van der Waals surface area contributed by atoms with Crippen LogP contribution in [0, 0.1) is 17.6 Å². The Morgan fingerprint density at radius 3 is 2.19 bits per heavy atom. The van der Waals surface area contributed by atoms with E-state index < -0.39 is 33.5 Å². The first kappa shape index (κ1) is 19.4. The summed E-state index contributed by atoms with van der Waals surface area (Å²) in [5.41, 5.74) is 0.619. The fourth-order valence-corrected chi connectivity index (χ4v) is 4.59. The first-order valence-electron chi connectivity index (χ1n) is 8.57. The third-order valence-corrected chi connectivity index (χ3v) is 6.34. The molecule has 1 fully saturated rings. The van der Waals surface area contributed by atoms with Crippen molar-refractivity contribution in [3.05, 3.63) is 54.1 Å². The SMILES string of the molecule is O=C(O)[C@H]1CC[C@@H](NS(=O)(=O)c2ccc(-c3ccc(F)cc3F)cc2)CC1. The molecule has 8 heteroatoms. The Kier molecular flexibility index (Phi) is 5.57. The summed E-state index contributed by atoms with van der Waals surface area (Å²) in [4.78, 5) is 11.0. The van der Waals surface area contributed by atoms with Gasteiger partial charge in [-0.2, -0.15) is 0 Å². The molecule has 2 aromatic carbocycles. The van der Waals surface area contributed by atoms with E-state index in [9.17, 15) is 22.0 Å². The van der Waals surface area contributed by atoms with Crippen LogP contribution >= 0.6 is 0 Å². The van der Waals surface area contributed by atoms with Gasteiger partial charge in [0.05, 0.1) is 10.8 Å². The average Bonchev–Trinajstić information content (AvgIpc) is 2.62. The normalized spacial score (nSPS) is 20.4. The maximum atomic E-state index is 13.9. The molecule has 1 aliphatic carbocycles. The van der Waals surface area contributed by atoms with Crippen LogP contribution in [0.2, 0.25) is 0 Å². The zero-order valence-corrected chi connectivity index (χ0v) is 15.2. The standard InChI is InChI=1S/C19H19F2NO4S/c20-14-5-10-17(18(21)11-14)12-3-8-16(9-4-12)27(25,26)22-15-6-1-13(2-7-15)19(23)24/h3-5,8-11,13,15,22H,1-2,6-7H2,(H,23,24)/t13-,15+. The molecule has 0 aliphatic heterocycles. The zero-order chi connectivity index (χ0) is 19.6. The summed E-state index contributed by atoms with van der Waals surface area (Å²) in [6.45, 7) is 0. The molecule has 1 aliphatic rings. The van der Waals surface area contributed by atoms with Crippen molar-refractivity contribution < 1.29 is 27.1 Å². The number of benzene rings is 2. The highest BCUT2D eigenvalue weighted by Gasteiger charge is 2.28. The largest absolute Gasteiger partial charge is 0.481 e. The second-order valence-corrected chi connectivity index (χ2v) is 8.37. The van der Waals surface area contributed by atoms with Gasteiger partial charge in [-0.3, -0.25) is 4.79 Å². The van der Waals surface area contributed by atoms with Crippen LogP contribution in [0.5, 0.6) is 0 Å². The Balaban J connectivity index is 1.71. The zero-order valence-electron chi connectivity index (χ0n) is 14.4. The molecular weight excluding hydrogens is 376 g/mol. The van der Waals surface area contributed by atoms with Crippen LogP contribution in [0.25, 0.3) is 11.1 Å². The average molecular weight is 395 g/mol. The molecule has 0 atom stereocenters. The van der Waals surface area contributed by atoms with Crippen LogP contribution in [0.15, 0.2) is 47.4 Å². The molecule has 0 aromatic heterocycles. The first-order chi connectivity index (χ1) is 12.8. The van der Waals surface area contributed by atoms with Crippen LogP contribution < -0.4 is 4.72 Å². The quantitative estimate of drug-likeness (QED) is 0.811. The minimum atomic E-state index is -3.76. The maximum absolute atomic E-state index is 13.9. The second-order valence-electron chi connectivity index (χ2n) is 6.66. The van der Waals surface area contributed by atoms with Crippen molar-refractivity contribution in [3.8, 4) is 11.1 Å². The van der Waals surface area contributed by atoms with Gasteiger partial charge in [0, 0.05) is 17.7 Å². The molecule has 0 bridgehead atoms. The topological polar surface area (TPSA) is 83.5 Å². The number of halogens is 2. The molecule has 3 rings (SSSR count). The lowest BCUT2D eigenvalue weighted by molar-refractivity contribution is -0.142. The second kappa shape index (κ2) is 7.74. The van der Waals surface area contributed by atoms with E-state index in [4.69, 9.17) is 5.11 Å². The molecular formula is C19H19F2NO4S. The number of sulfonamides is 1. The lowest BCUT2D eigenvalue weighted by atomic mass is 9.87. The van der Waals surface area contributed by atoms with E-state index in [-0.39, 0.29) is 16.5 Å². The first-order valence-corrected chi connectivity index (χ1v) is 10.1. The van der Waals surface area contributed by atoms with E-state index in [1.165, 1.54) is 30.3 Å². The molecule has 0 heterocycles. The van der Waals surface area contributed by atoms with Gasteiger partial charge >= 0.3 is 5.97 Å². The minimum absolute atomic E-state index is 0.0362. The fraction of sp³-hybridized carbons (Fsp3) is 0.316. The van der Waals surface area contributed by atoms with E-state index in [1.807, 2.05) is 0 Å². The smallest absolute Gasteiger partial charge is 0.306 e. The van der Waals surface area contributed by atoms with E-state index in [0.29, 0.717) is 31.2 Å². The van der Waals surface area contributed by atoms with Gasteiger partial charge in [-0.05, 0) is 55.5 Å². The number of hydrogen-bond acceptors (Lipinski definition) is 3. The molecule has 2 aromatic rings. The molecule has 144 valence electrons. The molecule has 5 nitrogen and oxygen atoms in total. The van der Waals surface area contributed by atoms with Crippen molar-refractivity contribution in [2.75, 3.05) is 0 Å². The summed E-state index contributed by atoms with van der Waals surface area (Å²) in [7, 11) is -3.76. The van der Waals surface area contributed by atoms with Gasteiger partial charge in [-0.25, -0.2) is 21.9 Å². The van der Waals surface area contributed by atoms with Crippen molar-refractivity contribution in [1.29, 1.82) is 0 Å². The molecule has 1 saturated carbocycles. The minimum Gasteiger partial charge on any atom is -0.481 e. The number of hydrogen-bond donors (Lipinski definition) is 2. The van der Waals surface area contributed by atoms with Gasteiger partial charge in [0.2, 0.25) is 10.0 Å². The number of carboxylic acids is 1. The summed E-state index contributed by atoms with van der Waals surface area (Å²) in [5.74, 6) is -2.67. The number of carbonyl (C=O) groups is 1. The van der Waals surface area contributed by atoms with Gasteiger partial charge in [0.25, 0.3) is 0 Å². The number of aliphatic carboxylic acids is 1. The van der Waals surface area contributed by atoms with Gasteiger partial charge < -0.3 is 5.11 Å². The van der Waals surface area contributed by atoms with Crippen molar-refractivity contribution in [1.82, 2.24) is 4.72 Å². The molecule has 0 amide bonds. The molecule has 0 spiro atoms. The summed E-state index contributed by atoms with van der Waals surface area (Å²) < 4.78 is 54.5. The summed E-state index contributed by atoms with van der Waals surface area (Å²) >= 11 is 0. The van der Waals surface area contributed by atoms with Gasteiger partial charge in [-0.15, -0.1) is 0 Å². The van der Waals surface area contributed by atoms with E-state index in [0.717, 1.165) is 12.1 Å². The highest BCUT2D eigenvalue weighted by Crippen LogP contribution is 2.27. The van der Waals surface area contributed by atoms with Crippen LogP contribution in [-0.2, 0) is 14.8 Å².